The molecule has 5 nitrogen and oxygen atoms in total. The number of amides is 1. The van der Waals surface area contributed by atoms with Gasteiger partial charge in [-0.3, -0.25) is 0 Å². The molecule has 1 amide bonds. The van der Waals surface area contributed by atoms with Crippen molar-refractivity contribution in [1.82, 2.24) is 5.32 Å². The number of hydrogen-bond acceptors (Lipinski definition) is 4. The van der Waals surface area contributed by atoms with E-state index in [9.17, 15) is 18.0 Å². The normalized spacial score (nSPS) is 18.9. The predicted molar refractivity (Wildman–Crippen MR) is 100 cm³/mol. The number of rotatable bonds is 3. The molecule has 0 bridgehead atoms. The van der Waals surface area contributed by atoms with Crippen LogP contribution in [0.2, 0.25) is 0 Å². The van der Waals surface area contributed by atoms with Gasteiger partial charge in [-0.2, -0.15) is 13.2 Å². The topological polar surface area (TPSA) is 56.8 Å². The van der Waals surface area contributed by atoms with Gasteiger partial charge >= 0.3 is 19.4 Å². The highest BCUT2D eigenvalue weighted by atomic mass is 19.4. The number of alkyl carbamates (subject to hydrolysis) is 1. The second-order valence-corrected chi connectivity index (χ2v) is 8.86. The number of benzene rings is 1. The van der Waals surface area contributed by atoms with Crippen LogP contribution in [0, 0.1) is 0 Å². The van der Waals surface area contributed by atoms with Gasteiger partial charge in [0.1, 0.15) is 5.60 Å². The average Bonchev–Trinajstić information content (AvgIpc) is 2.70. The standard InChI is InChI=1S/C19H27BF3NO4/c1-16(2,3)26-15(25)24-11-12-10-13(19(21,22)23)8-9-14(12)20-27-17(4,5)18(6,7)28-20/h8-10H,11H2,1-7H3,(H,24,25). The summed E-state index contributed by atoms with van der Waals surface area (Å²) in [7, 11) is -0.845. The van der Waals surface area contributed by atoms with Crippen molar-refractivity contribution in [3.8, 4) is 0 Å². The van der Waals surface area contributed by atoms with Gasteiger partial charge in [-0.1, -0.05) is 12.1 Å². The first kappa shape index (κ1) is 22.6. The van der Waals surface area contributed by atoms with Crippen LogP contribution in [-0.4, -0.2) is 30.0 Å². The summed E-state index contributed by atoms with van der Waals surface area (Å²) in [6.45, 7) is 12.4. The molecule has 0 spiro atoms. The minimum atomic E-state index is -4.50. The minimum absolute atomic E-state index is 0.155. The maximum atomic E-state index is 13.2. The van der Waals surface area contributed by atoms with Gasteiger partial charge in [0.2, 0.25) is 0 Å². The monoisotopic (exact) mass is 401 g/mol. The Balaban J connectivity index is 2.32. The molecule has 1 N–H and O–H groups in total. The fraction of sp³-hybridized carbons (Fsp3) is 0.632. The van der Waals surface area contributed by atoms with Crippen LogP contribution in [0.4, 0.5) is 18.0 Å². The molecule has 0 aliphatic carbocycles. The fourth-order valence-corrected chi connectivity index (χ4v) is 2.62. The molecule has 156 valence electrons. The number of carbonyl (C=O) groups excluding carboxylic acids is 1. The zero-order chi connectivity index (χ0) is 21.5. The molecular weight excluding hydrogens is 374 g/mol. The van der Waals surface area contributed by atoms with Crippen LogP contribution in [-0.2, 0) is 26.8 Å². The molecule has 9 heteroatoms. The van der Waals surface area contributed by atoms with Crippen LogP contribution in [0.25, 0.3) is 0 Å². The van der Waals surface area contributed by atoms with Gasteiger partial charge < -0.3 is 19.4 Å². The van der Waals surface area contributed by atoms with Crippen molar-refractivity contribution in [1.29, 1.82) is 0 Å². The van der Waals surface area contributed by atoms with E-state index in [1.54, 1.807) is 20.8 Å². The first-order chi connectivity index (χ1) is 12.5. The van der Waals surface area contributed by atoms with E-state index >= 15 is 0 Å². The number of hydrogen-bond donors (Lipinski definition) is 1. The van der Waals surface area contributed by atoms with E-state index in [-0.39, 0.29) is 12.1 Å². The second kappa shape index (κ2) is 7.26. The summed E-state index contributed by atoms with van der Waals surface area (Å²) in [4.78, 5) is 11.9. The van der Waals surface area contributed by atoms with Crippen molar-refractivity contribution < 1.29 is 32.0 Å². The molecule has 0 radical (unpaired) electrons. The summed E-state index contributed by atoms with van der Waals surface area (Å²) >= 11 is 0. The molecule has 0 saturated carbocycles. The lowest BCUT2D eigenvalue weighted by Crippen LogP contribution is -2.41. The van der Waals surface area contributed by atoms with Crippen LogP contribution in [0.1, 0.15) is 59.6 Å². The number of alkyl halides is 3. The van der Waals surface area contributed by atoms with Gasteiger partial charge in [0.25, 0.3) is 0 Å². The molecule has 1 aliphatic rings. The molecule has 1 fully saturated rings. The van der Waals surface area contributed by atoms with Gasteiger partial charge in [0.15, 0.2) is 0 Å². The Bertz CT molecular complexity index is 726. The smallest absolute Gasteiger partial charge is 0.444 e. The lowest BCUT2D eigenvalue weighted by molar-refractivity contribution is -0.137. The van der Waals surface area contributed by atoms with E-state index in [0.29, 0.717) is 5.46 Å². The second-order valence-electron chi connectivity index (χ2n) is 8.86. The third-order valence-corrected chi connectivity index (χ3v) is 4.80. The summed E-state index contributed by atoms with van der Waals surface area (Å²) in [6, 6.07) is 3.31. The van der Waals surface area contributed by atoms with Crippen molar-refractivity contribution >= 4 is 18.7 Å². The molecule has 0 aromatic heterocycles. The van der Waals surface area contributed by atoms with Crippen LogP contribution in [0.15, 0.2) is 18.2 Å². The molecule has 1 aromatic rings. The molecule has 1 aliphatic heterocycles. The molecular formula is C19H27BF3NO4. The molecule has 1 aromatic carbocycles. The van der Waals surface area contributed by atoms with Gasteiger partial charge in [-0.15, -0.1) is 0 Å². The fourth-order valence-electron chi connectivity index (χ4n) is 2.62. The highest BCUT2D eigenvalue weighted by molar-refractivity contribution is 6.62. The summed E-state index contributed by atoms with van der Waals surface area (Å²) in [6.07, 6.45) is -5.22. The predicted octanol–water partition coefficient (Wildman–Crippen LogP) is 4.03. The Morgan fingerprint density at radius 2 is 1.64 bits per heavy atom. The zero-order valence-electron chi connectivity index (χ0n) is 17.3. The minimum Gasteiger partial charge on any atom is -0.444 e. The maximum absolute atomic E-state index is 13.2. The number of nitrogens with one attached hydrogen (secondary N) is 1. The lowest BCUT2D eigenvalue weighted by Gasteiger charge is -2.32. The highest BCUT2D eigenvalue weighted by Crippen LogP contribution is 2.37. The third kappa shape index (κ3) is 5.20. The average molecular weight is 401 g/mol. The molecule has 1 heterocycles. The van der Waals surface area contributed by atoms with Gasteiger partial charge in [-0.25, -0.2) is 4.79 Å². The number of carbonyl (C=O) groups is 1. The van der Waals surface area contributed by atoms with Crippen LogP contribution in [0.3, 0.4) is 0 Å². The van der Waals surface area contributed by atoms with Gasteiger partial charge in [0, 0.05) is 6.54 Å². The SMILES string of the molecule is CC(C)(C)OC(=O)NCc1cc(C(F)(F)F)ccc1B1OC(C)(C)C(C)(C)O1. The Labute approximate surface area is 164 Å². The Hall–Kier alpha value is -1.74. The third-order valence-electron chi connectivity index (χ3n) is 4.80. The molecule has 28 heavy (non-hydrogen) atoms. The Morgan fingerprint density at radius 1 is 1.11 bits per heavy atom. The van der Waals surface area contributed by atoms with E-state index in [1.807, 2.05) is 27.7 Å². The first-order valence-electron chi connectivity index (χ1n) is 9.04. The van der Waals surface area contributed by atoms with E-state index in [1.165, 1.54) is 6.07 Å². The van der Waals surface area contributed by atoms with Crippen LogP contribution < -0.4 is 10.8 Å². The molecule has 2 rings (SSSR count). The van der Waals surface area contributed by atoms with E-state index in [4.69, 9.17) is 14.0 Å². The molecule has 0 atom stereocenters. The summed E-state index contributed by atoms with van der Waals surface area (Å²) in [5.41, 5.74) is -2.13. The maximum Gasteiger partial charge on any atom is 0.495 e. The number of halogens is 3. The van der Waals surface area contributed by atoms with Crippen LogP contribution in [0.5, 0.6) is 0 Å². The largest absolute Gasteiger partial charge is 0.495 e. The van der Waals surface area contributed by atoms with Crippen molar-refractivity contribution in [2.75, 3.05) is 0 Å². The first-order valence-corrected chi connectivity index (χ1v) is 9.04. The van der Waals surface area contributed by atoms with E-state index in [0.717, 1.165) is 12.1 Å². The zero-order valence-corrected chi connectivity index (χ0v) is 17.3. The quantitative estimate of drug-likeness (QED) is 0.778. The van der Waals surface area contributed by atoms with E-state index in [2.05, 4.69) is 5.32 Å². The van der Waals surface area contributed by atoms with Gasteiger partial charge in [0.05, 0.1) is 16.8 Å². The summed E-state index contributed by atoms with van der Waals surface area (Å²) < 4.78 is 56.6. The van der Waals surface area contributed by atoms with Crippen molar-refractivity contribution in [2.45, 2.75) is 78.0 Å². The summed E-state index contributed by atoms with van der Waals surface area (Å²) in [5, 5.41) is 2.50. The summed E-state index contributed by atoms with van der Waals surface area (Å²) in [5.74, 6) is 0. The molecule has 1 saturated heterocycles. The van der Waals surface area contributed by atoms with Gasteiger partial charge in [-0.05, 0) is 65.6 Å². The van der Waals surface area contributed by atoms with Crippen molar-refractivity contribution in [2.24, 2.45) is 0 Å². The Kier molecular flexibility index (Phi) is 5.85. The van der Waals surface area contributed by atoms with Crippen molar-refractivity contribution in [3.05, 3.63) is 29.3 Å². The number of ether oxygens (including phenoxy) is 1. The van der Waals surface area contributed by atoms with Crippen LogP contribution >= 0.6 is 0 Å². The highest BCUT2D eigenvalue weighted by Gasteiger charge is 2.52. The lowest BCUT2D eigenvalue weighted by atomic mass is 9.75. The van der Waals surface area contributed by atoms with E-state index < -0.39 is 41.8 Å². The molecule has 0 unspecified atom stereocenters. The van der Waals surface area contributed by atoms with Crippen molar-refractivity contribution in [3.63, 3.8) is 0 Å². The Morgan fingerprint density at radius 3 is 2.11 bits per heavy atom.